The lowest BCUT2D eigenvalue weighted by molar-refractivity contribution is 0.144. The molecule has 0 aliphatic heterocycles. The van der Waals surface area contributed by atoms with Crippen molar-refractivity contribution in [1.29, 1.82) is 0 Å². The molecule has 0 bridgehead atoms. The summed E-state index contributed by atoms with van der Waals surface area (Å²) in [6.45, 7) is 0.974. The highest BCUT2D eigenvalue weighted by atomic mass is 35.5. The number of aromatic nitrogens is 2. The molecule has 0 saturated heterocycles. The number of hydrogen-bond donors (Lipinski definition) is 0. The molecule has 0 aliphatic rings. The maximum atomic E-state index is 5.77. The normalized spacial score (nSPS) is 10.8. The van der Waals surface area contributed by atoms with Crippen LogP contribution in [0, 0.1) is 0 Å². The standard InChI is InChI=1S/C9H9ClN2O2S/c1-13-3-4-14-7-6-2-5-15-8(6)12-9(10)11-7/h2,5H,3-4H2,1H3. The van der Waals surface area contributed by atoms with Gasteiger partial charge in [0.15, 0.2) is 0 Å². The van der Waals surface area contributed by atoms with Gasteiger partial charge in [-0.1, -0.05) is 0 Å². The van der Waals surface area contributed by atoms with Crippen LogP contribution in [-0.4, -0.2) is 30.3 Å². The highest BCUT2D eigenvalue weighted by Gasteiger charge is 2.08. The van der Waals surface area contributed by atoms with Gasteiger partial charge in [-0.25, -0.2) is 4.98 Å². The number of ether oxygens (including phenoxy) is 2. The summed E-state index contributed by atoms with van der Waals surface area (Å²) in [4.78, 5) is 8.95. The molecule has 15 heavy (non-hydrogen) atoms. The van der Waals surface area contributed by atoms with Crippen LogP contribution in [0.5, 0.6) is 5.88 Å². The maximum absolute atomic E-state index is 5.77. The fraction of sp³-hybridized carbons (Fsp3) is 0.333. The van der Waals surface area contributed by atoms with Gasteiger partial charge in [0.05, 0.1) is 12.0 Å². The van der Waals surface area contributed by atoms with E-state index in [4.69, 9.17) is 21.1 Å². The SMILES string of the molecule is COCCOc1nc(Cl)nc2sccc12. The van der Waals surface area contributed by atoms with Gasteiger partial charge in [0, 0.05) is 7.11 Å². The summed E-state index contributed by atoms with van der Waals surface area (Å²) in [5.74, 6) is 0.517. The van der Waals surface area contributed by atoms with Crippen molar-refractivity contribution in [3.05, 3.63) is 16.7 Å². The highest BCUT2D eigenvalue weighted by molar-refractivity contribution is 7.16. The molecule has 2 aromatic heterocycles. The van der Waals surface area contributed by atoms with E-state index in [1.54, 1.807) is 7.11 Å². The third kappa shape index (κ3) is 2.37. The second-order valence-electron chi connectivity index (χ2n) is 2.78. The molecule has 0 amide bonds. The Morgan fingerprint density at radius 1 is 1.40 bits per heavy atom. The molecule has 0 atom stereocenters. The number of halogens is 1. The fourth-order valence-corrected chi connectivity index (χ4v) is 2.10. The van der Waals surface area contributed by atoms with Gasteiger partial charge in [-0.15, -0.1) is 11.3 Å². The van der Waals surface area contributed by atoms with Crippen LogP contribution in [-0.2, 0) is 4.74 Å². The Balaban J connectivity index is 2.27. The average molecular weight is 245 g/mol. The molecule has 0 saturated carbocycles. The number of hydrogen-bond acceptors (Lipinski definition) is 5. The fourth-order valence-electron chi connectivity index (χ4n) is 1.14. The number of nitrogens with zero attached hydrogens (tertiary/aromatic N) is 2. The predicted molar refractivity (Wildman–Crippen MR) is 59.8 cm³/mol. The first-order valence-corrected chi connectivity index (χ1v) is 5.59. The van der Waals surface area contributed by atoms with E-state index in [2.05, 4.69) is 9.97 Å². The summed E-state index contributed by atoms with van der Waals surface area (Å²) in [5.41, 5.74) is 0. The van der Waals surface area contributed by atoms with Gasteiger partial charge >= 0.3 is 0 Å². The smallest absolute Gasteiger partial charge is 0.227 e. The van der Waals surface area contributed by atoms with Crippen LogP contribution in [0.15, 0.2) is 11.4 Å². The van der Waals surface area contributed by atoms with E-state index < -0.39 is 0 Å². The highest BCUT2D eigenvalue weighted by Crippen LogP contribution is 2.27. The van der Waals surface area contributed by atoms with Crippen LogP contribution in [0.2, 0.25) is 5.28 Å². The minimum atomic E-state index is 0.206. The summed E-state index contributed by atoms with van der Waals surface area (Å²) in [5, 5.41) is 3.02. The monoisotopic (exact) mass is 244 g/mol. The maximum Gasteiger partial charge on any atom is 0.227 e. The zero-order valence-electron chi connectivity index (χ0n) is 8.07. The van der Waals surface area contributed by atoms with Gasteiger partial charge in [0.1, 0.15) is 11.4 Å². The van der Waals surface area contributed by atoms with Crippen LogP contribution in [0.3, 0.4) is 0 Å². The van der Waals surface area contributed by atoms with Crippen LogP contribution < -0.4 is 4.74 Å². The molecule has 0 aliphatic carbocycles. The number of methoxy groups -OCH3 is 1. The van der Waals surface area contributed by atoms with Crippen molar-refractivity contribution in [3.63, 3.8) is 0 Å². The quantitative estimate of drug-likeness (QED) is 0.612. The summed E-state index contributed by atoms with van der Waals surface area (Å²) >= 11 is 7.27. The molecule has 0 N–H and O–H groups in total. The molecule has 6 heteroatoms. The Kier molecular flexibility index (Phi) is 3.35. The van der Waals surface area contributed by atoms with Crippen molar-refractivity contribution >= 4 is 33.2 Å². The topological polar surface area (TPSA) is 44.2 Å². The van der Waals surface area contributed by atoms with Gasteiger partial charge in [-0.2, -0.15) is 4.98 Å². The Morgan fingerprint density at radius 3 is 3.07 bits per heavy atom. The van der Waals surface area contributed by atoms with E-state index in [1.807, 2.05) is 11.4 Å². The molecule has 0 unspecified atom stereocenters. The second kappa shape index (κ2) is 4.74. The third-order valence-electron chi connectivity index (χ3n) is 1.79. The number of thiophene rings is 1. The van der Waals surface area contributed by atoms with Crippen molar-refractivity contribution in [1.82, 2.24) is 9.97 Å². The van der Waals surface area contributed by atoms with E-state index in [1.165, 1.54) is 11.3 Å². The lowest BCUT2D eigenvalue weighted by Gasteiger charge is -2.05. The van der Waals surface area contributed by atoms with Crippen molar-refractivity contribution in [2.75, 3.05) is 20.3 Å². The van der Waals surface area contributed by atoms with Crippen molar-refractivity contribution < 1.29 is 9.47 Å². The molecular formula is C9H9ClN2O2S. The van der Waals surface area contributed by atoms with E-state index in [-0.39, 0.29) is 5.28 Å². The first-order valence-electron chi connectivity index (χ1n) is 4.33. The molecule has 2 aromatic rings. The van der Waals surface area contributed by atoms with Gasteiger partial charge < -0.3 is 9.47 Å². The number of fused-ring (bicyclic) bond motifs is 1. The lowest BCUT2D eigenvalue weighted by Crippen LogP contribution is -2.05. The number of rotatable bonds is 4. The summed E-state index contributed by atoms with van der Waals surface area (Å²) < 4.78 is 10.3. The Hall–Kier alpha value is -0.910. The van der Waals surface area contributed by atoms with Crippen LogP contribution in [0.4, 0.5) is 0 Å². The average Bonchev–Trinajstić information content (AvgIpc) is 2.65. The van der Waals surface area contributed by atoms with Crippen LogP contribution in [0.25, 0.3) is 10.2 Å². The van der Waals surface area contributed by atoms with Crippen molar-refractivity contribution in [2.24, 2.45) is 0 Å². The van der Waals surface area contributed by atoms with E-state index in [0.717, 1.165) is 10.2 Å². The lowest BCUT2D eigenvalue weighted by atomic mass is 10.4. The summed E-state index contributed by atoms with van der Waals surface area (Å²) in [7, 11) is 1.62. The molecule has 80 valence electrons. The van der Waals surface area contributed by atoms with Crippen molar-refractivity contribution in [2.45, 2.75) is 0 Å². The minimum Gasteiger partial charge on any atom is -0.475 e. The molecule has 2 heterocycles. The Morgan fingerprint density at radius 2 is 2.27 bits per heavy atom. The van der Waals surface area contributed by atoms with Gasteiger partial charge in [0.25, 0.3) is 0 Å². The van der Waals surface area contributed by atoms with E-state index >= 15 is 0 Å². The summed E-state index contributed by atoms with van der Waals surface area (Å²) in [6.07, 6.45) is 0. The predicted octanol–water partition coefficient (Wildman–Crippen LogP) is 2.37. The van der Waals surface area contributed by atoms with Crippen LogP contribution >= 0.6 is 22.9 Å². The molecule has 2 rings (SSSR count). The minimum absolute atomic E-state index is 0.206. The second-order valence-corrected chi connectivity index (χ2v) is 4.01. The van der Waals surface area contributed by atoms with E-state index in [0.29, 0.717) is 19.1 Å². The molecule has 0 radical (unpaired) electrons. The zero-order valence-corrected chi connectivity index (χ0v) is 9.64. The van der Waals surface area contributed by atoms with Gasteiger partial charge in [-0.3, -0.25) is 0 Å². The molecule has 0 fully saturated rings. The summed E-state index contributed by atoms with van der Waals surface area (Å²) in [6, 6.07) is 1.92. The Labute approximate surface area is 95.8 Å². The molecule has 4 nitrogen and oxygen atoms in total. The van der Waals surface area contributed by atoms with Gasteiger partial charge in [0.2, 0.25) is 11.2 Å². The van der Waals surface area contributed by atoms with Gasteiger partial charge in [-0.05, 0) is 23.0 Å². The molecular weight excluding hydrogens is 236 g/mol. The Bertz CT molecular complexity index is 460. The van der Waals surface area contributed by atoms with Crippen molar-refractivity contribution in [3.8, 4) is 5.88 Å². The van der Waals surface area contributed by atoms with E-state index in [9.17, 15) is 0 Å². The zero-order chi connectivity index (χ0) is 10.7. The third-order valence-corrected chi connectivity index (χ3v) is 2.76. The van der Waals surface area contributed by atoms with Crippen LogP contribution in [0.1, 0.15) is 0 Å². The molecule has 0 aromatic carbocycles. The molecule has 0 spiro atoms. The largest absolute Gasteiger partial charge is 0.475 e. The first kappa shape index (κ1) is 10.6. The first-order chi connectivity index (χ1) is 7.31.